The van der Waals surface area contributed by atoms with Gasteiger partial charge in [0.2, 0.25) is 0 Å². The highest BCUT2D eigenvalue weighted by molar-refractivity contribution is 5.79. The van der Waals surface area contributed by atoms with Crippen LogP contribution in [0.5, 0.6) is 11.5 Å². The maximum Gasteiger partial charge on any atom is 0.324 e. The van der Waals surface area contributed by atoms with Gasteiger partial charge in [-0.3, -0.25) is 19.2 Å². The molecule has 3 N–H and O–H groups in total. The topological polar surface area (TPSA) is 142 Å². The molecule has 0 aliphatic carbocycles. The van der Waals surface area contributed by atoms with Gasteiger partial charge in [0, 0.05) is 32.1 Å². The second kappa shape index (κ2) is 13.6. The number of ether oxygens (including phenoxy) is 3. The van der Waals surface area contributed by atoms with Crippen molar-refractivity contribution in [1.29, 1.82) is 0 Å². The summed E-state index contributed by atoms with van der Waals surface area (Å²) in [7, 11) is 0. The van der Waals surface area contributed by atoms with Crippen molar-refractivity contribution in [2.45, 2.75) is 90.7 Å². The SMILES string of the molecule is CCCCCC(=O)O[C@@H](C)CC(N)(Cc1ccc(OC(=O)CC)c(OC(=O)CC)c1)C(=O)O. The summed E-state index contributed by atoms with van der Waals surface area (Å²) in [6, 6.07) is 4.41. The van der Waals surface area contributed by atoms with Crippen molar-refractivity contribution in [3.05, 3.63) is 23.8 Å². The number of nitrogens with two attached hydrogens (primary N) is 1. The first-order valence-corrected chi connectivity index (χ1v) is 11.3. The highest BCUT2D eigenvalue weighted by atomic mass is 16.6. The number of benzene rings is 1. The van der Waals surface area contributed by atoms with E-state index in [0.29, 0.717) is 12.0 Å². The number of carbonyl (C=O) groups is 4. The van der Waals surface area contributed by atoms with Crippen molar-refractivity contribution in [2.75, 3.05) is 0 Å². The Kier molecular flexibility index (Phi) is 11.6. The molecule has 0 aromatic heterocycles. The molecule has 0 heterocycles. The average Bonchev–Trinajstić information content (AvgIpc) is 2.75. The standard InChI is InChI=1S/C24H35NO8/c1-5-8-9-10-22(28)31-16(4)14-24(25,23(29)30)15-17-11-12-18(32-20(26)6-2)19(13-17)33-21(27)7-3/h11-13,16H,5-10,14-15,25H2,1-4H3,(H,29,30)/t16-,24?/m0/s1. The first kappa shape index (κ1) is 28.1. The summed E-state index contributed by atoms with van der Waals surface area (Å²) in [4.78, 5) is 47.5. The summed E-state index contributed by atoms with van der Waals surface area (Å²) in [5.41, 5.74) is 4.92. The fraction of sp³-hybridized carbons (Fsp3) is 0.583. The van der Waals surface area contributed by atoms with Crippen molar-refractivity contribution in [3.8, 4) is 11.5 Å². The van der Waals surface area contributed by atoms with Crippen molar-refractivity contribution < 1.29 is 38.5 Å². The molecule has 0 aliphatic heterocycles. The lowest BCUT2D eigenvalue weighted by Gasteiger charge is -2.28. The predicted octanol–water partition coefficient (Wildman–Crippen LogP) is 3.54. The molecule has 9 heteroatoms. The maximum atomic E-state index is 12.0. The molecule has 0 saturated carbocycles. The second-order valence-corrected chi connectivity index (χ2v) is 8.04. The Bertz CT molecular complexity index is 838. The number of carboxylic acid groups (broad SMARTS) is 1. The quantitative estimate of drug-likeness (QED) is 0.239. The van der Waals surface area contributed by atoms with Gasteiger partial charge in [-0.05, 0) is 31.0 Å². The lowest BCUT2D eigenvalue weighted by atomic mass is 9.86. The van der Waals surface area contributed by atoms with E-state index in [0.717, 1.165) is 12.8 Å². The average molecular weight is 466 g/mol. The van der Waals surface area contributed by atoms with Crippen molar-refractivity contribution >= 4 is 23.9 Å². The molecule has 1 rings (SSSR count). The van der Waals surface area contributed by atoms with Crippen LogP contribution in [-0.4, -0.2) is 40.6 Å². The van der Waals surface area contributed by atoms with Gasteiger partial charge >= 0.3 is 23.9 Å². The minimum Gasteiger partial charge on any atom is -0.480 e. The number of unbranched alkanes of at least 4 members (excludes halogenated alkanes) is 2. The van der Waals surface area contributed by atoms with Gasteiger partial charge in [-0.1, -0.05) is 39.7 Å². The van der Waals surface area contributed by atoms with Crippen molar-refractivity contribution in [3.63, 3.8) is 0 Å². The van der Waals surface area contributed by atoms with E-state index < -0.39 is 29.6 Å². The molecule has 0 spiro atoms. The summed E-state index contributed by atoms with van der Waals surface area (Å²) >= 11 is 0. The Morgan fingerprint density at radius 1 is 0.970 bits per heavy atom. The minimum absolute atomic E-state index is 0.00397. The number of hydrogen-bond donors (Lipinski definition) is 2. The molecular weight excluding hydrogens is 430 g/mol. The maximum absolute atomic E-state index is 12.0. The molecule has 1 aromatic carbocycles. The van der Waals surface area contributed by atoms with E-state index in [2.05, 4.69) is 0 Å². The molecule has 0 bridgehead atoms. The Morgan fingerprint density at radius 2 is 1.58 bits per heavy atom. The molecule has 33 heavy (non-hydrogen) atoms. The van der Waals surface area contributed by atoms with Gasteiger partial charge < -0.3 is 25.1 Å². The van der Waals surface area contributed by atoms with Gasteiger partial charge in [-0.15, -0.1) is 0 Å². The fourth-order valence-corrected chi connectivity index (χ4v) is 3.17. The Balaban J connectivity index is 3.03. The first-order valence-electron chi connectivity index (χ1n) is 11.3. The first-order chi connectivity index (χ1) is 15.5. The molecule has 0 saturated heterocycles. The summed E-state index contributed by atoms with van der Waals surface area (Å²) in [6.07, 6.45) is 2.15. The van der Waals surface area contributed by atoms with Crippen molar-refractivity contribution in [2.24, 2.45) is 5.73 Å². The van der Waals surface area contributed by atoms with Crippen LogP contribution in [0.4, 0.5) is 0 Å². The number of carboxylic acids is 1. The van der Waals surface area contributed by atoms with Crippen LogP contribution in [0.1, 0.15) is 78.2 Å². The fourth-order valence-electron chi connectivity index (χ4n) is 3.17. The van der Waals surface area contributed by atoms with E-state index >= 15 is 0 Å². The largest absolute Gasteiger partial charge is 0.480 e. The molecule has 9 nitrogen and oxygen atoms in total. The van der Waals surface area contributed by atoms with Crippen LogP contribution in [0.3, 0.4) is 0 Å². The van der Waals surface area contributed by atoms with Crippen LogP contribution in [-0.2, 0) is 30.3 Å². The predicted molar refractivity (Wildman–Crippen MR) is 121 cm³/mol. The molecule has 0 aliphatic rings. The molecule has 0 amide bonds. The highest BCUT2D eigenvalue weighted by Gasteiger charge is 2.37. The molecular formula is C24H35NO8. The Hall–Kier alpha value is -2.94. The monoisotopic (exact) mass is 465 g/mol. The van der Waals surface area contributed by atoms with E-state index in [1.165, 1.54) is 12.1 Å². The third-order valence-corrected chi connectivity index (χ3v) is 4.95. The van der Waals surface area contributed by atoms with Gasteiger partial charge in [0.1, 0.15) is 11.6 Å². The highest BCUT2D eigenvalue weighted by Crippen LogP contribution is 2.31. The summed E-state index contributed by atoms with van der Waals surface area (Å²) in [5.74, 6) is -2.64. The summed E-state index contributed by atoms with van der Waals surface area (Å²) in [5, 5.41) is 9.79. The Labute approximate surface area is 194 Å². The van der Waals surface area contributed by atoms with Gasteiger partial charge in [0.25, 0.3) is 0 Å². The number of rotatable bonds is 14. The summed E-state index contributed by atoms with van der Waals surface area (Å²) < 4.78 is 15.8. The molecule has 0 fully saturated rings. The third kappa shape index (κ3) is 9.61. The molecule has 184 valence electrons. The smallest absolute Gasteiger partial charge is 0.324 e. The number of esters is 3. The van der Waals surface area contributed by atoms with E-state index in [1.807, 2.05) is 6.92 Å². The molecule has 2 atom stereocenters. The van der Waals surface area contributed by atoms with Gasteiger partial charge in [-0.2, -0.15) is 0 Å². The number of aliphatic carboxylic acids is 1. The molecule has 0 radical (unpaired) electrons. The lowest BCUT2D eigenvalue weighted by Crippen LogP contribution is -2.52. The van der Waals surface area contributed by atoms with E-state index in [4.69, 9.17) is 19.9 Å². The summed E-state index contributed by atoms with van der Waals surface area (Å²) in [6.45, 7) is 6.87. The zero-order valence-corrected chi connectivity index (χ0v) is 19.8. The number of carbonyl (C=O) groups excluding carboxylic acids is 3. The van der Waals surface area contributed by atoms with Gasteiger partial charge in [-0.25, -0.2) is 0 Å². The van der Waals surface area contributed by atoms with Gasteiger partial charge in [0.15, 0.2) is 11.5 Å². The normalized spacial score (nSPS) is 13.5. The van der Waals surface area contributed by atoms with Crippen LogP contribution >= 0.6 is 0 Å². The molecule has 1 unspecified atom stereocenters. The second-order valence-electron chi connectivity index (χ2n) is 8.04. The zero-order valence-electron chi connectivity index (χ0n) is 19.8. The van der Waals surface area contributed by atoms with Crippen LogP contribution in [0.2, 0.25) is 0 Å². The van der Waals surface area contributed by atoms with Crippen LogP contribution in [0.15, 0.2) is 18.2 Å². The molecule has 1 aromatic rings. The van der Waals surface area contributed by atoms with E-state index in [9.17, 15) is 24.3 Å². The van der Waals surface area contributed by atoms with Crippen molar-refractivity contribution in [1.82, 2.24) is 0 Å². The van der Waals surface area contributed by atoms with Crippen LogP contribution < -0.4 is 15.2 Å². The Morgan fingerprint density at radius 3 is 2.12 bits per heavy atom. The van der Waals surface area contributed by atoms with Crippen LogP contribution in [0.25, 0.3) is 0 Å². The van der Waals surface area contributed by atoms with Crippen LogP contribution in [0, 0.1) is 0 Å². The van der Waals surface area contributed by atoms with E-state index in [-0.39, 0.29) is 49.6 Å². The lowest BCUT2D eigenvalue weighted by molar-refractivity contribution is -0.153. The third-order valence-electron chi connectivity index (χ3n) is 4.95. The van der Waals surface area contributed by atoms with Gasteiger partial charge in [0.05, 0.1) is 0 Å². The number of hydrogen-bond acceptors (Lipinski definition) is 8. The van der Waals surface area contributed by atoms with E-state index in [1.54, 1.807) is 26.8 Å². The minimum atomic E-state index is -1.74. The zero-order chi connectivity index (χ0) is 25.0.